The van der Waals surface area contributed by atoms with Gasteiger partial charge in [0, 0.05) is 5.92 Å². The topological polar surface area (TPSA) is 0 Å². The molecule has 0 unspecified atom stereocenters. The largest absolute Gasteiger partial charge is 0.0654 e. The zero-order valence-electron chi connectivity index (χ0n) is 13.2. The van der Waals surface area contributed by atoms with Gasteiger partial charge in [0.2, 0.25) is 0 Å². The molecule has 0 N–H and O–H groups in total. The van der Waals surface area contributed by atoms with Crippen LogP contribution in [0.3, 0.4) is 0 Å². The summed E-state index contributed by atoms with van der Waals surface area (Å²) in [5.41, 5.74) is 2.94. The Labute approximate surface area is 120 Å². The van der Waals surface area contributed by atoms with E-state index in [4.69, 9.17) is 0 Å². The van der Waals surface area contributed by atoms with E-state index in [0.29, 0.717) is 0 Å². The lowest BCUT2D eigenvalue weighted by atomic mass is 9.88. The number of rotatable bonds is 10. The zero-order chi connectivity index (χ0) is 13.9. The normalized spacial score (nSPS) is 11.2. The van der Waals surface area contributed by atoms with Crippen LogP contribution in [0, 0.1) is 5.92 Å². The van der Waals surface area contributed by atoms with Crippen LogP contribution in [0.15, 0.2) is 24.3 Å². The second-order valence-corrected chi connectivity index (χ2v) is 5.57. The number of benzene rings is 1. The molecule has 0 fully saturated rings. The van der Waals surface area contributed by atoms with Crippen molar-refractivity contribution in [3.63, 3.8) is 0 Å². The Kier molecular flexibility index (Phi) is 8.62. The summed E-state index contributed by atoms with van der Waals surface area (Å²) in [4.78, 5) is 0. The Morgan fingerprint density at radius 2 is 1.37 bits per heavy atom. The van der Waals surface area contributed by atoms with Crippen LogP contribution in [0.1, 0.15) is 83.3 Å². The molecule has 1 aromatic rings. The van der Waals surface area contributed by atoms with Gasteiger partial charge in [-0.2, -0.15) is 0 Å². The Balaban J connectivity index is 2.55. The van der Waals surface area contributed by atoms with Crippen LogP contribution in [-0.4, -0.2) is 0 Å². The molecule has 0 nitrogen and oxygen atoms in total. The zero-order valence-corrected chi connectivity index (χ0v) is 13.2. The van der Waals surface area contributed by atoms with E-state index in [1.807, 2.05) is 0 Å². The molecule has 0 aliphatic rings. The molecule has 0 aliphatic carbocycles. The Bertz CT molecular complexity index is 309. The molecule has 0 atom stereocenters. The fourth-order valence-corrected chi connectivity index (χ4v) is 2.55. The maximum absolute atomic E-state index is 2.34. The summed E-state index contributed by atoms with van der Waals surface area (Å²) < 4.78 is 0. The van der Waals surface area contributed by atoms with Crippen molar-refractivity contribution in [3.8, 4) is 0 Å². The highest BCUT2D eigenvalue weighted by Crippen LogP contribution is 2.27. The predicted molar refractivity (Wildman–Crippen MR) is 86.4 cm³/mol. The van der Waals surface area contributed by atoms with E-state index < -0.39 is 0 Å². The summed E-state index contributed by atoms with van der Waals surface area (Å²) in [5, 5.41) is 0. The molecule has 0 spiro atoms. The highest BCUT2D eigenvalue weighted by atomic mass is 14.2. The van der Waals surface area contributed by atoms with Gasteiger partial charge in [-0.3, -0.25) is 0 Å². The second-order valence-electron chi connectivity index (χ2n) is 5.57. The third-order valence-corrected chi connectivity index (χ3v) is 3.93. The number of hydrogen-bond donors (Lipinski definition) is 0. The monoisotopic (exact) mass is 259 g/mol. The first-order valence-electron chi connectivity index (χ1n) is 8.25. The third kappa shape index (κ3) is 6.27. The van der Waals surface area contributed by atoms with Crippen LogP contribution in [0.25, 0.3) is 0 Å². The van der Waals surface area contributed by atoms with Crippen LogP contribution in [-0.2, 0) is 6.42 Å². The summed E-state index contributed by atoms with van der Waals surface area (Å²) in [5.74, 6) is 1.68. The van der Waals surface area contributed by atoms with Crippen molar-refractivity contribution >= 4 is 0 Å². The van der Waals surface area contributed by atoms with Gasteiger partial charge in [-0.05, 0) is 30.4 Å². The van der Waals surface area contributed by atoms with Gasteiger partial charge in [0.25, 0.3) is 0 Å². The molecule has 0 bridgehead atoms. The molecular formula is C19H31. The number of hydrogen-bond acceptors (Lipinski definition) is 0. The molecule has 0 aromatic heterocycles. The van der Waals surface area contributed by atoms with Gasteiger partial charge >= 0.3 is 0 Å². The molecule has 19 heavy (non-hydrogen) atoms. The minimum absolute atomic E-state index is 1.14. The first kappa shape index (κ1) is 16.3. The lowest BCUT2D eigenvalue weighted by Gasteiger charge is -2.17. The van der Waals surface area contributed by atoms with Crippen LogP contribution in [0.4, 0.5) is 0 Å². The maximum atomic E-state index is 2.34. The minimum atomic E-state index is 1.14. The second kappa shape index (κ2) is 10.1. The van der Waals surface area contributed by atoms with Crippen molar-refractivity contribution in [2.75, 3.05) is 0 Å². The van der Waals surface area contributed by atoms with Gasteiger partial charge < -0.3 is 0 Å². The van der Waals surface area contributed by atoms with E-state index in [0.717, 1.165) is 6.42 Å². The van der Waals surface area contributed by atoms with Crippen LogP contribution in [0.5, 0.6) is 0 Å². The van der Waals surface area contributed by atoms with Gasteiger partial charge in [-0.1, -0.05) is 83.6 Å². The highest BCUT2D eigenvalue weighted by molar-refractivity contribution is 5.33. The summed E-state index contributed by atoms with van der Waals surface area (Å²) in [6.07, 6.45) is 11.8. The van der Waals surface area contributed by atoms with Crippen LogP contribution >= 0.6 is 0 Å². The molecule has 1 rings (SSSR count). The summed E-state index contributed by atoms with van der Waals surface area (Å²) >= 11 is 0. The molecule has 0 amide bonds. The fourth-order valence-electron chi connectivity index (χ4n) is 2.55. The lowest BCUT2D eigenvalue weighted by molar-refractivity contribution is 0.611. The Morgan fingerprint density at radius 3 is 1.95 bits per heavy atom. The van der Waals surface area contributed by atoms with Gasteiger partial charge in [-0.15, -0.1) is 0 Å². The van der Waals surface area contributed by atoms with Gasteiger partial charge in [-0.25, -0.2) is 0 Å². The quantitative estimate of drug-likeness (QED) is 0.430. The molecule has 107 valence electrons. The predicted octanol–water partition coefficient (Wildman–Crippen LogP) is 6.33. The number of unbranched alkanes of at least 4 members (excludes halogenated alkanes) is 4. The van der Waals surface area contributed by atoms with Gasteiger partial charge in [0.1, 0.15) is 0 Å². The summed E-state index contributed by atoms with van der Waals surface area (Å²) in [6.45, 7) is 6.79. The molecule has 0 saturated carbocycles. The highest BCUT2D eigenvalue weighted by Gasteiger charge is 2.11. The average molecular weight is 259 g/mol. The van der Waals surface area contributed by atoms with Gasteiger partial charge in [0.05, 0.1) is 0 Å². The van der Waals surface area contributed by atoms with E-state index in [9.17, 15) is 0 Å². The van der Waals surface area contributed by atoms with Crippen molar-refractivity contribution in [3.05, 3.63) is 41.3 Å². The van der Waals surface area contributed by atoms with Crippen molar-refractivity contribution in [2.24, 2.45) is 0 Å². The summed E-state index contributed by atoms with van der Waals surface area (Å²) in [7, 11) is 0. The van der Waals surface area contributed by atoms with E-state index in [2.05, 4.69) is 45.0 Å². The average Bonchev–Trinajstić information content (AvgIpc) is 2.47. The SMILES string of the molecule is CCCCCC[C](CCCC)c1ccc(CC)cc1. The van der Waals surface area contributed by atoms with Crippen LogP contribution in [0.2, 0.25) is 0 Å². The maximum Gasteiger partial charge on any atom is 0.00498 e. The Hall–Kier alpha value is -0.780. The van der Waals surface area contributed by atoms with Crippen molar-refractivity contribution in [2.45, 2.75) is 78.6 Å². The van der Waals surface area contributed by atoms with E-state index in [1.54, 1.807) is 5.92 Å². The fraction of sp³-hybridized carbons (Fsp3) is 0.632. The van der Waals surface area contributed by atoms with E-state index in [1.165, 1.54) is 62.5 Å². The first-order chi connectivity index (χ1) is 9.31. The smallest absolute Gasteiger partial charge is 0.00498 e. The molecule has 1 radical (unpaired) electrons. The van der Waals surface area contributed by atoms with Crippen LogP contribution < -0.4 is 0 Å². The van der Waals surface area contributed by atoms with Crippen molar-refractivity contribution in [1.82, 2.24) is 0 Å². The number of aryl methyl sites for hydroxylation is 1. The van der Waals surface area contributed by atoms with Crippen molar-refractivity contribution in [1.29, 1.82) is 0 Å². The van der Waals surface area contributed by atoms with Crippen molar-refractivity contribution < 1.29 is 0 Å². The first-order valence-corrected chi connectivity index (χ1v) is 8.25. The summed E-state index contributed by atoms with van der Waals surface area (Å²) in [6, 6.07) is 9.27. The molecule has 0 saturated heterocycles. The lowest BCUT2D eigenvalue weighted by Crippen LogP contribution is -2.01. The standard InChI is InChI=1S/C19H31/c1-4-7-9-10-12-18(11-8-5-2)19-15-13-17(6-3)14-16-19/h13-16H,4-12H2,1-3H3. The molecule has 0 heteroatoms. The van der Waals surface area contributed by atoms with Gasteiger partial charge in [0.15, 0.2) is 0 Å². The molecule has 1 aromatic carbocycles. The third-order valence-electron chi connectivity index (χ3n) is 3.93. The minimum Gasteiger partial charge on any atom is -0.0654 e. The van der Waals surface area contributed by atoms with E-state index >= 15 is 0 Å². The Morgan fingerprint density at radius 1 is 0.737 bits per heavy atom. The molecular weight excluding hydrogens is 228 g/mol. The molecule has 0 heterocycles. The van der Waals surface area contributed by atoms with E-state index in [-0.39, 0.29) is 0 Å². The molecule has 0 aliphatic heterocycles.